The van der Waals surface area contributed by atoms with Gasteiger partial charge in [0.15, 0.2) is 5.96 Å². The van der Waals surface area contributed by atoms with Gasteiger partial charge >= 0.3 is 0 Å². The number of piperazine rings is 1. The van der Waals surface area contributed by atoms with Crippen molar-refractivity contribution in [3.05, 3.63) is 18.5 Å². The van der Waals surface area contributed by atoms with E-state index in [-0.39, 0.29) is 24.0 Å². The zero-order valence-corrected chi connectivity index (χ0v) is 20.1. The fraction of sp³-hybridized carbons (Fsp3) is 0.750. The lowest BCUT2D eigenvalue weighted by atomic mass is 10.3. The summed E-state index contributed by atoms with van der Waals surface area (Å²) in [4.78, 5) is 20.0. The monoisotopic (exact) mass is 517 g/mol. The fourth-order valence-electron chi connectivity index (χ4n) is 3.36. The lowest BCUT2D eigenvalue weighted by molar-refractivity contribution is 0.115. The average molecular weight is 517 g/mol. The number of nitrogens with zero attached hydrogens (tertiary/aromatic N) is 6. The first kappa shape index (κ1) is 24.1. The zero-order chi connectivity index (χ0) is 19.6. The molecule has 1 N–H and O–H groups in total. The molecule has 2 aliphatic rings. The molecule has 3 rings (SSSR count). The average Bonchev–Trinajstić information content (AvgIpc) is 3.57. The first-order valence-electron chi connectivity index (χ1n) is 10.5. The van der Waals surface area contributed by atoms with Gasteiger partial charge in [0, 0.05) is 72.4 Å². The molecule has 29 heavy (non-hydrogen) atoms. The molecule has 1 saturated carbocycles. The highest BCUT2D eigenvalue weighted by Gasteiger charge is 2.21. The first-order valence-corrected chi connectivity index (χ1v) is 10.5. The molecule has 1 aliphatic carbocycles. The van der Waals surface area contributed by atoms with Gasteiger partial charge in [0.2, 0.25) is 5.95 Å². The van der Waals surface area contributed by atoms with E-state index >= 15 is 0 Å². The number of halogens is 1. The molecule has 0 radical (unpaired) electrons. The van der Waals surface area contributed by atoms with E-state index in [4.69, 9.17) is 4.74 Å². The standard InChI is InChI=1S/C20H35N7O.HI/c1-21-19(25(2)15-16-28-17-18-5-6-18)22-9-4-10-26-11-13-27(14-12-26)20-23-7-3-8-24-20;/h3,7-8,18H,4-6,9-17H2,1-2H3,(H,21,22);1H. The van der Waals surface area contributed by atoms with E-state index in [1.165, 1.54) is 12.8 Å². The highest BCUT2D eigenvalue weighted by molar-refractivity contribution is 14.0. The molecule has 9 heteroatoms. The Hall–Kier alpha value is -1.20. The number of hydrogen-bond donors (Lipinski definition) is 1. The van der Waals surface area contributed by atoms with Crippen LogP contribution in [0.5, 0.6) is 0 Å². The topological polar surface area (TPSA) is 69.1 Å². The smallest absolute Gasteiger partial charge is 0.225 e. The molecular weight excluding hydrogens is 481 g/mol. The summed E-state index contributed by atoms with van der Waals surface area (Å²) in [5.74, 6) is 2.61. The van der Waals surface area contributed by atoms with Gasteiger partial charge in [-0.25, -0.2) is 9.97 Å². The van der Waals surface area contributed by atoms with Crippen LogP contribution < -0.4 is 10.2 Å². The van der Waals surface area contributed by atoms with E-state index in [9.17, 15) is 0 Å². The summed E-state index contributed by atoms with van der Waals surface area (Å²) >= 11 is 0. The maximum absolute atomic E-state index is 5.72. The van der Waals surface area contributed by atoms with Crippen LogP contribution in [0.2, 0.25) is 0 Å². The minimum atomic E-state index is 0. The van der Waals surface area contributed by atoms with Crippen molar-refractivity contribution in [2.75, 3.05) is 78.0 Å². The van der Waals surface area contributed by atoms with Gasteiger partial charge in [-0.3, -0.25) is 9.89 Å². The van der Waals surface area contributed by atoms with Crippen LogP contribution in [0, 0.1) is 5.92 Å². The number of nitrogens with one attached hydrogen (secondary N) is 1. The van der Waals surface area contributed by atoms with Crippen molar-refractivity contribution in [2.45, 2.75) is 19.3 Å². The summed E-state index contributed by atoms with van der Waals surface area (Å²) < 4.78 is 5.72. The van der Waals surface area contributed by atoms with Crippen LogP contribution in [0.25, 0.3) is 0 Å². The SMILES string of the molecule is CN=C(NCCCN1CCN(c2ncccn2)CC1)N(C)CCOCC1CC1.I. The van der Waals surface area contributed by atoms with Crippen LogP contribution in [-0.2, 0) is 4.74 Å². The molecule has 0 bridgehead atoms. The van der Waals surface area contributed by atoms with Gasteiger partial charge in [-0.05, 0) is 37.8 Å². The highest BCUT2D eigenvalue weighted by atomic mass is 127. The molecule has 1 aromatic rings. The summed E-state index contributed by atoms with van der Waals surface area (Å²) in [6.45, 7) is 8.69. The van der Waals surface area contributed by atoms with Crippen molar-refractivity contribution in [1.82, 2.24) is 25.1 Å². The Balaban J connectivity index is 0.00000300. The van der Waals surface area contributed by atoms with Gasteiger partial charge in [0.25, 0.3) is 0 Å². The molecule has 1 aliphatic heterocycles. The highest BCUT2D eigenvalue weighted by Crippen LogP contribution is 2.28. The third-order valence-electron chi connectivity index (χ3n) is 5.34. The molecule has 0 spiro atoms. The van der Waals surface area contributed by atoms with Gasteiger partial charge in [-0.2, -0.15) is 0 Å². The predicted molar refractivity (Wildman–Crippen MR) is 128 cm³/mol. The minimum Gasteiger partial charge on any atom is -0.379 e. The van der Waals surface area contributed by atoms with E-state index in [0.717, 1.165) is 83.3 Å². The van der Waals surface area contributed by atoms with Gasteiger partial charge < -0.3 is 19.9 Å². The number of aromatic nitrogens is 2. The number of rotatable bonds is 10. The van der Waals surface area contributed by atoms with E-state index in [2.05, 4.69) is 42.0 Å². The van der Waals surface area contributed by atoms with Crippen LogP contribution in [0.3, 0.4) is 0 Å². The molecule has 0 unspecified atom stereocenters. The van der Waals surface area contributed by atoms with E-state index in [1.807, 2.05) is 25.5 Å². The number of aliphatic imine (C=N–C) groups is 1. The molecule has 1 aromatic heterocycles. The summed E-state index contributed by atoms with van der Waals surface area (Å²) in [6.07, 6.45) is 7.40. The maximum atomic E-state index is 5.72. The van der Waals surface area contributed by atoms with E-state index in [0.29, 0.717) is 0 Å². The second kappa shape index (κ2) is 13.2. The first-order chi connectivity index (χ1) is 13.8. The quantitative estimate of drug-likeness (QED) is 0.219. The Morgan fingerprint density at radius 3 is 2.62 bits per heavy atom. The van der Waals surface area contributed by atoms with Crippen LogP contribution in [0.4, 0.5) is 5.95 Å². The van der Waals surface area contributed by atoms with Crippen molar-refractivity contribution in [3.63, 3.8) is 0 Å². The molecule has 1 saturated heterocycles. The van der Waals surface area contributed by atoms with Gasteiger partial charge in [-0.1, -0.05) is 0 Å². The van der Waals surface area contributed by atoms with Crippen molar-refractivity contribution >= 4 is 35.9 Å². The summed E-state index contributed by atoms with van der Waals surface area (Å²) in [5.41, 5.74) is 0. The third-order valence-corrected chi connectivity index (χ3v) is 5.34. The van der Waals surface area contributed by atoms with Crippen LogP contribution in [-0.4, -0.2) is 98.8 Å². The molecule has 2 fully saturated rings. The zero-order valence-electron chi connectivity index (χ0n) is 17.8. The van der Waals surface area contributed by atoms with Crippen LogP contribution in [0.15, 0.2) is 23.5 Å². The van der Waals surface area contributed by atoms with Gasteiger partial charge in [-0.15, -0.1) is 24.0 Å². The molecule has 8 nitrogen and oxygen atoms in total. The largest absolute Gasteiger partial charge is 0.379 e. The number of guanidine groups is 1. The fourth-order valence-corrected chi connectivity index (χ4v) is 3.36. The van der Waals surface area contributed by atoms with E-state index < -0.39 is 0 Å². The summed E-state index contributed by atoms with van der Waals surface area (Å²) in [5, 5.41) is 3.47. The molecule has 2 heterocycles. The Morgan fingerprint density at radius 1 is 1.24 bits per heavy atom. The van der Waals surface area contributed by atoms with Crippen molar-refractivity contribution in [2.24, 2.45) is 10.9 Å². The second-order valence-electron chi connectivity index (χ2n) is 7.64. The minimum absolute atomic E-state index is 0. The number of likely N-dealkylation sites (N-methyl/N-ethyl adjacent to an activating group) is 1. The lowest BCUT2D eigenvalue weighted by Crippen LogP contribution is -2.48. The van der Waals surface area contributed by atoms with Crippen molar-refractivity contribution < 1.29 is 4.74 Å². The number of hydrogen-bond acceptors (Lipinski definition) is 6. The van der Waals surface area contributed by atoms with E-state index in [1.54, 1.807) is 0 Å². The van der Waals surface area contributed by atoms with Crippen molar-refractivity contribution in [3.8, 4) is 0 Å². The lowest BCUT2D eigenvalue weighted by Gasteiger charge is -2.34. The molecular formula is C20H36IN7O. The molecule has 164 valence electrons. The van der Waals surface area contributed by atoms with Crippen LogP contribution in [0.1, 0.15) is 19.3 Å². The Labute approximate surface area is 192 Å². The Kier molecular flexibility index (Phi) is 10.9. The van der Waals surface area contributed by atoms with Crippen LogP contribution >= 0.6 is 24.0 Å². The molecule has 0 aromatic carbocycles. The molecule has 0 amide bonds. The van der Waals surface area contributed by atoms with Gasteiger partial charge in [0.05, 0.1) is 6.61 Å². The molecule has 0 atom stereocenters. The Morgan fingerprint density at radius 2 is 1.97 bits per heavy atom. The third kappa shape index (κ3) is 8.59. The van der Waals surface area contributed by atoms with Gasteiger partial charge in [0.1, 0.15) is 0 Å². The summed E-state index contributed by atoms with van der Waals surface area (Å²) in [7, 11) is 3.91. The Bertz CT molecular complexity index is 592. The second-order valence-corrected chi connectivity index (χ2v) is 7.64. The van der Waals surface area contributed by atoms with Crippen molar-refractivity contribution in [1.29, 1.82) is 0 Å². The predicted octanol–water partition coefficient (Wildman–Crippen LogP) is 1.54. The number of ether oxygens (including phenoxy) is 1. The normalized spacial score (nSPS) is 17.7. The number of anilines is 1. The summed E-state index contributed by atoms with van der Waals surface area (Å²) in [6, 6.07) is 1.86. The maximum Gasteiger partial charge on any atom is 0.225 e.